The van der Waals surface area contributed by atoms with Crippen molar-refractivity contribution < 1.29 is 18.7 Å². The summed E-state index contributed by atoms with van der Waals surface area (Å²) in [6, 6.07) is 9.41. The lowest BCUT2D eigenvalue weighted by Gasteiger charge is -2.19. The molecule has 1 aromatic heterocycles. The number of rotatable bonds is 5. The van der Waals surface area contributed by atoms with Crippen LogP contribution < -0.4 is 15.0 Å². The van der Waals surface area contributed by atoms with Gasteiger partial charge in [0, 0.05) is 35.7 Å². The Kier molecular flexibility index (Phi) is 5.01. The molecule has 2 amide bonds. The van der Waals surface area contributed by atoms with E-state index in [0.717, 1.165) is 39.8 Å². The van der Waals surface area contributed by atoms with Crippen LogP contribution in [0.25, 0.3) is 11.0 Å². The zero-order valence-electron chi connectivity index (χ0n) is 16.9. The van der Waals surface area contributed by atoms with Crippen LogP contribution in [0, 0.1) is 13.8 Å². The van der Waals surface area contributed by atoms with E-state index in [-0.39, 0.29) is 18.2 Å². The molecule has 1 fully saturated rings. The predicted molar refractivity (Wildman–Crippen MR) is 113 cm³/mol. The molecule has 0 unspecified atom stereocenters. The minimum absolute atomic E-state index is 0.0949. The van der Waals surface area contributed by atoms with E-state index in [0.29, 0.717) is 24.4 Å². The van der Waals surface area contributed by atoms with Crippen molar-refractivity contribution in [2.75, 3.05) is 23.9 Å². The molecule has 2 heterocycles. The molecular weight excluding hydrogens is 368 g/mol. The maximum Gasteiger partial charge on any atom is 0.228 e. The summed E-state index contributed by atoms with van der Waals surface area (Å²) in [5.41, 5.74) is 5.33. The largest absolute Gasteiger partial charge is 0.494 e. The fourth-order valence-electron chi connectivity index (χ4n) is 3.73. The molecule has 0 radical (unpaired) electrons. The first kappa shape index (κ1) is 19.1. The molecule has 0 saturated carbocycles. The van der Waals surface area contributed by atoms with Gasteiger partial charge in [0.2, 0.25) is 11.8 Å². The third kappa shape index (κ3) is 3.70. The van der Waals surface area contributed by atoms with E-state index < -0.39 is 0 Å². The van der Waals surface area contributed by atoms with Gasteiger partial charge in [0.1, 0.15) is 11.3 Å². The number of ether oxygens (including phenoxy) is 1. The van der Waals surface area contributed by atoms with Crippen LogP contribution in [0.2, 0.25) is 0 Å². The molecule has 3 aromatic rings. The first-order valence-corrected chi connectivity index (χ1v) is 9.72. The van der Waals surface area contributed by atoms with Crippen LogP contribution in [-0.4, -0.2) is 25.5 Å². The van der Waals surface area contributed by atoms with Crippen LogP contribution >= 0.6 is 0 Å². The molecule has 1 saturated heterocycles. The molecule has 0 atom stereocenters. The lowest BCUT2D eigenvalue weighted by molar-refractivity contribution is -0.117. The summed E-state index contributed by atoms with van der Waals surface area (Å²) in [4.78, 5) is 26.4. The Hall–Kier alpha value is -3.28. The normalized spacial score (nSPS) is 13.9. The third-order valence-electron chi connectivity index (χ3n) is 5.45. The summed E-state index contributed by atoms with van der Waals surface area (Å²) < 4.78 is 11.1. The molecule has 0 bridgehead atoms. The summed E-state index contributed by atoms with van der Waals surface area (Å²) in [6.45, 7) is 4.77. The van der Waals surface area contributed by atoms with Crippen molar-refractivity contribution in [2.24, 2.45) is 0 Å². The van der Waals surface area contributed by atoms with Crippen LogP contribution in [0.15, 0.2) is 41.0 Å². The number of nitrogens with one attached hydrogen (secondary N) is 1. The zero-order valence-corrected chi connectivity index (χ0v) is 16.9. The molecule has 6 heteroatoms. The Morgan fingerprint density at radius 1 is 1.21 bits per heavy atom. The smallest absolute Gasteiger partial charge is 0.228 e. The Labute approximate surface area is 169 Å². The number of hydrogen-bond donors (Lipinski definition) is 1. The molecule has 4 rings (SSSR count). The van der Waals surface area contributed by atoms with Crippen LogP contribution in [0.3, 0.4) is 0 Å². The summed E-state index contributed by atoms with van der Waals surface area (Å²) in [5, 5.41) is 3.87. The average Bonchev–Trinajstić information content (AvgIpc) is 3.28. The van der Waals surface area contributed by atoms with Crippen molar-refractivity contribution in [3.63, 3.8) is 0 Å². The van der Waals surface area contributed by atoms with Crippen LogP contribution in [0.4, 0.5) is 11.4 Å². The number of amides is 2. The minimum atomic E-state index is -0.141. The summed E-state index contributed by atoms with van der Waals surface area (Å²) in [6.07, 6.45) is 3.26. The molecule has 1 aliphatic heterocycles. The molecule has 0 spiro atoms. The summed E-state index contributed by atoms with van der Waals surface area (Å²) in [7, 11) is 1.56. The van der Waals surface area contributed by atoms with Gasteiger partial charge in [0.25, 0.3) is 0 Å². The van der Waals surface area contributed by atoms with Gasteiger partial charge in [0.05, 0.1) is 25.5 Å². The van der Waals surface area contributed by atoms with Gasteiger partial charge in [-0.3, -0.25) is 9.59 Å². The number of hydrogen-bond acceptors (Lipinski definition) is 4. The molecule has 1 aliphatic rings. The third-order valence-corrected chi connectivity index (χ3v) is 5.45. The Bertz CT molecular complexity index is 1100. The molecule has 2 aromatic carbocycles. The number of aryl methyl sites for hydroxylation is 2. The predicted octanol–water partition coefficient (Wildman–Crippen LogP) is 4.37. The number of methoxy groups -OCH3 is 1. The fourth-order valence-corrected chi connectivity index (χ4v) is 3.73. The Morgan fingerprint density at radius 3 is 2.72 bits per heavy atom. The number of fused-ring (bicyclic) bond motifs is 1. The zero-order chi connectivity index (χ0) is 20.5. The summed E-state index contributed by atoms with van der Waals surface area (Å²) in [5.74, 6) is 0.522. The van der Waals surface area contributed by atoms with E-state index in [1.807, 2.05) is 26.0 Å². The minimum Gasteiger partial charge on any atom is -0.494 e. The topological polar surface area (TPSA) is 71.8 Å². The van der Waals surface area contributed by atoms with Gasteiger partial charge in [-0.05, 0) is 55.7 Å². The van der Waals surface area contributed by atoms with Crippen LogP contribution in [0.1, 0.15) is 29.5 Å². The highest BCUT2D eigenvalue weighted by molar-refractivity contribution is 5.99. The van der Waals surface area contributed by atoms with Crippen molar-refractivity contribution in [2.45, 2.75) is 33.1 Å². The van der Waals surface area contributed by atoms with Gasteiger partial charge >= 0.3 is 0 Å². The lowest BCUT2D eigenvalue weighted by atomic mass is 10.0. The van der Waals surface area contributed by atoms with Gasteiger partial charge in [-0.25, -0.2) is 0 Å². The molecule has 150 valence electrons. The van der Waals surface area contributed by atoms with Crippen LogP contribution in [0.5, 0.6) is 5.75 Å². The Balaban J connectivity index is 1.51. The van der Waals surface area contributed by atoms with Gasteiger partial charge in [-0.15, -0.1) is 0 Å². The van der Waals surface area contributed by atoms with E-state index in [1.165, 1.54) is 0 Å². The molecule has 29 heavy (non-hydrogen) atoms. The van der Waals surface area contributed by atoms with Crippen molar-refractivity contribution >= 4 is 34.2 Å². The molecular formula is C23H24N2O4. The van der Waals surface area contributed by atoms with Gasteiger partial charge < -0.3 is 19.4 Å². The fraction of sp³-hybridized carbons (Fsp3) is 0.304. The number of benzene rings is 2. The van der Waals surface area contributed by atoms with Crippen molar-refractivity contribution in [3.05, 3.63) is 53.3 Å². The highest BCUT2D eigenvalue weighted by atomic mass is 16.5. The average molecular weight is 392 g/mol. The number of anilines is 2. The molecule has 6 nitrogen and oxygen atoms in total. The second kappa shape index (κ2) is 7.62. The number of nitrogens with zero attached hydrogens (tertiary/aromatic N) is 1. The highest BCUT2D eigenvalue weighted by Crippen LogP contribution is 2.34. The van der Waals surface area contributed by atoms with Gasteiger partial charge in [-0.2, -0.15) is 0 Å². The second-order valence-corrected chi connectivity index (χ2v) is 7.45. The number of furan rings is 1. The lowest BCUT2D eigenvalue weighted by Crippen LogP contribution is -2.24. The number of carbonyl (C=O) groups excluding carboxylic acids is 2. The van der Waals surface area contributed by atoms with E-state index in [1.54, 1.807) is 30.4 Å². The standard InChI is InChI=1S/C23H24N2O4/c1-14-9-18-16(13-29-20(18)10-15(14)2)11-22(26)24-17-6-7-19(21(12-17)28-3)25-8-4-5-23(25)27/h6-7,9-10,12-13H,4-5,8,11H2,1-3H3,(H,24,26). The first-order chi connectivity index (χ1) is 14.0. The van der Waals surface area contributed by atoms with Crippen LogP contribution in [-0.2, 0) is 16.0 Å². The van der Waals surface area contributed by atoms with E-state index in [2.05, 4.69) is 11.4 Å². The molecule has 0 aliphatic carbocycles. The van der Waals surface area contributed by atoms with Crippen molar-refractivity contribution in [3.8, 4) is 5.75 Å². The van der Waals surface area contributed by atoms with Gasteiger partial charge in [-0.1, -0.05) is 0 Å². The Morgan fingerprint density at radius 2 is 2.00 bits per heavy atom. The van der Waals surface area contributed by atoms with E-state index in [9.17, 15) is 9.59 Å². The van der Waals surface area contributed by atoms with Crippen molar-refractivity contribution in [1.29, 1.82) is 0 Å². The number of carbonyl (C=O) groups is 2. The SMILES string of the molecule is COc1cc(NC(=O)Cc2coc3cc(C)c(C)cc23)ccc1N1CCCC1=O. The maximum absolute atomic E-state index is 12.6. The second-order valence-electron chi connectivity index (χ2n) is 7.45. The van der Waals surface area contributed by atoms with Crippen molar-refractivity contribution in [1.82, 2.24) is 0 Å². The highest BCUT2D eigenvalue weighted by Gasteiger charge is 2.24. The molecule has 1 N–H and O–H groups in total. The van der Waals surface area contributed by atoms with E-state index in [4.69, 9.17) is 9.15 Å². The quantitative estimate of drug-likeness (QED) is 0.700. The maximum atomic E-state index is 12.6. The first-order valence-electron chi connectivity index (χ1n) is 9.72. The van der Waals surface area contributed by atoms with Gasteiger partial charge in [0.15, 0.2) is 0 Å². The monoisotopic (exact) mass is 392 g/mol. The summed E-state index contributed by atoms with van der Waals surface area (Å²) >= 11 is 0. The van der Waals surface area contributed by atoms with E-state index >= 15 is 0 Å².